The highest BCUT2D eigenvalue weighted by atomic mass is 19.4. The number of hydrogen-bond acceptors (Lipinski definition) is 1. The van der Waals surface area contributed by atoms with Gasteiger partial charge in [-0.1, -0.05) is 6.58 Å². The normalized spacial score (nSPS) is 10.4. The highest BCUT2D eigenvalue weighted by molar-refractivity contribution is 5.08. The fourth-order valence-corrected chi connectivity index (χ4v) is 0.196. The summed E-state index contributed by atoms with van der Waals surface area (Å²) in [5.74, 6) is 0. The molecule has 0 spiro atoms. The highest BCUT2D eigenvalue weighted by Gasteiger charge is 2.30. The molecule has 0 aliphatic carbocycles. The van der Waals surface area contributed by atoms with Crippen LogP contribution in [-0.4, -0.2) is 6.18 Å². The molecule has 0 saturated heterocycles. The average Bonchev–Trinajstić information content (AvgIpc) is 1.64. The van der Waals surface area contributed by atoms with E-state index in [1.165, 1.54) is 6.07 Å². The summed E-state index contributed by atoms with van der Waals surface area (Å²) in [6.07, 6.45) is -5.06. The van der Waals surface area contributed by atoms with Crippen molar-refractivity contribution in [3.63, 3.8) is 0 Å². The van der Waals surface area contributed by atoms with Gasteiger partial charge in [-0.2, -0.15) is 18.4 Å². The Morgan fingerprint density at radius 3 is 2.11 bits per heavy atom. The summed E-state index contributed by atoms with van der Waals surface area (Å²) in [5.41, 5.74) is -0.995. The topological polar surface area (TPSA) is 23.8 Å². The Hall–Kier alpha value is -0.980. The smallest absolute Gasteiger partial charge is 0.198 e. The molecule has 0 aliphatic heterocycles. The van der Waals surface area contributed by atoms with Gasteiger partial charge in [0.15, 0.2) is 0 Å². The zero-order valence-electron chi connectivity index (χ0n) is 4.50. The lowest BCUT2D eigenvalue weighted by molar-refractivity contribution is -0.0923. The van der Waals surface area contributed by atoms with Gasteiger partial charge in [-0.3, -0.25) is 0 Å². The van der Waals surface area contributed by atoms with Crippen LogP contribution in [0.5, 0.6) is 0 Å². The van der Waals surface area contributed by atoms with Gasteiger partial charge in [0.2, 0.25) is 0 Å². The van der Waals surface area contributed by atoms with Gasteiger partial charge in [-0.05, 0) is 0 Å². The van der Waals surface area contributed by atoms with E-state index in [9.17, 15) is 13.2 Å². The van der Waals surface area contributed by atoms with Gasteiger partial charge in [0.25, 0.3) is 0 Å². The van der Waals surface area contributed by atoms with E-state index in [1.807, 2.05) is 0 Å². The third kappa shape index (κ3) is 2.75. The first-order valence-electron chi connectivity index (χ1n) is 2.10. The van der Waals surface area contributed by atoms with Gasteiger partial charge in [0, 0.05) is 5.57 Å². The monoisotopic (exact) mass is 135 g/mol. The van der Waals surface area contributed by atoms with Gasteiger partial charge < -0.3 is 0 Å². The fraction of sp³-hybridized carbons (Fsp3) is 0.400. The summed E-state index contributed by atoms with van der Waals surface area (Å²) >= 11 is 0. The zero-order valence-corrected chi connectivity index (χ0v) is 4.50. The lowest BCUT2D eigenvalue weighted by atomic mass is 10.2. The maximum Gasteiger partial charge on any atom is 0.413 e. The lowest BCUT2D eigenvalue weighted by Gasteiger charge is -2.03. The first-order chi connectivity index (χ1) is 3.98. The van der Waals surface area contributed by atoms with Crippen LogP contribution in [0.15, 0.2) is 12.2 Å². The van der Waals surface area contributed by atoms with Gasteiger partial charge in [0.1, 0.15) is 0 Å². The van der Waals surface area contributed by atoms with Crippen molar-refractivity contribution in [1.82, 2.24) is 0 Å². The first-order valence-corrected chi connectivity index (χ1v) is 2.10. The molecule has 0 unspecified atom stereocenters. The molecule has 0 aliphatic rings. The number of allylic oxidation sites excluding steroid dienone is 1. The molecule has 50 valence electrons. The Morgan fingerprint density at radius 2 is 2.00 bits per heavy atom. The Morgan fingerprint density at radius 1 is 1.56 bits per heavy atom. The molecule has 0 aromatic rings. The maximum atomic E-state index is 11.4. The summed E-state index contributed by atoms with van der Waals surface area (Å²) in [7, 11) is 0. The van der Waals surface area contributed by atoms with Gasteiger partial charge in [-0.15, -0.1) is 0 Å². The van der Waals surface area contributed by atoms with E-state index in [0.29, 0.717) is 0 Å². The van der Waals surface area contributed by atoms with Crippen LogP contribution < -0.4 is 0 Å². The van der Waals surface area contributed by atoms with E-state index in [1.54, 1.807) is 0 Å². The minimum absolute atomic E-state index is 0.649. The zero-order chi connectivity index (χ0) is 7.49. The van der Waals surface area contributed by atoms with Crippen LogP contribution in [0, 0.1) is 11.3 Å². The molecule has 1 nitrogen and oxygen atoms in total. The molecule has 0 aromatic heterocycles. The van der Waals surface area contributed by atoms with E-state index in [-0.39, 0.29) is 0 Å². The second kappa shape index (κ2) is 2.53. The van der Waals surface area contributed by atoms with Crippen LogP contribution in [0.2, 0.25) is 0 Å². The number of alkyl halides is 3. The minimum atomic E-state index is -4.41. The van der Waals surface area contributed by atoms with E-state index in [4.69, 9.17) is 5.26 Å². The van der Waals surface area contributed by atoms with Crippen LogP contribution in [0.1, 0.15) is 6.42 Å². The molecule has 0 N–H and O–H groups in total. The second-order valence-electron chi connectivity index (χ2n) is 1.44. The molecule has 0 saturated carbocycles. The van der Waals surface area contributed by atoms with Gasteiger partial charge in [-0.25, -0.2) is 0 Å². The molecule has 9 heavy (non-hydrogen) atoms. The Bertz CT molecular complexity index is 151. The summed E-state index contributed by atoms with van der Waals surface area (Å²) in [4.78, 5) is 0. The van der Waals surface area contributed by atoms with Crippen molar-refractivity contribution in [3.05, 3.63) is 12.2 Å². The van der Waals surface area contributed by atoms with Crippen molar-refractivity contribution in [2.75, 3.05) is 0 Å². The van der Waals surface area contributed by atoms with Gasteiger partial charge >= 0.3 is 6.18 Å². The molecular weight excluding hydrogens is 131 g/mol. The van der Waals surface area contributed by atoms with Crippen molar-refractivity contribution in [1.29, 1.82) is 5.26 Å². The van der Waals surface area contributed by atoms with Crippen LogP contribution >= 0.6 is 0 Å². The summed E-state index contributed by atoms with van der Waals surface area (Å²) in [6, 6.07) is 1.35. The van der Waals surface area contributed by atoms with Crippen LogP contribution in [0.4, 0.5) is 13.2 Å². The predicted molar refractivity (Wildman–Crippen MR) is 25.4 cm³/mol. The minimum Gasteiger partial charge on any atom is -0.198 e. The van der Waals surface area contributed by atoms with E-state index < -0.39 is 18.2 Å². The number of hydrogen-bond donors (Lipinski definition) is 0. The third-order valence-electron chi connectivity index (χ3n) is 0.693. The van der Waals surface area contributed by atoms with Crippen molar-refractivity contribution < 1.29 is 13.2 Å². The van der Waals surface area contributed by atoms with Crippen LogP contribution in [-0.2, 0) is 0 Å². The summed E-state index contributed by atoms with van der Waals surface area (Å²) in [6.45, 7) is 2.67. The van der Waals surface area contributed by atoms with Crippen molar-refractivity contribution in [2.45, 2.75) is 12.6 Å². The Balaban J connectivity index is 3.93. The first kappa shape index (κ1) is 8.02. The number of halogens is 3. The molecule has 0 aromatic carbocycles. The summed E-state index contributed by atoms with van der Waals surface area (Å²) < 4.78 is 34.2. The van der Waals surface area contributed by atoms with Crippen LogP contribution in [0.3, 0.4) is 0 Å². The molecule has 0 bridgehead atoms. The van der Waals surface area contributed by atoms with Crippen molar-refractivity contribution in [2.24, 2.45) is 0 Å². The molecule has 0 heterocycles. The number of rotatable bonds is 1. The molecular formula is C5H4F3N. The molecule has 0 atom stereocenters. The Labute approximate surface area is 50.4 Å². The molecule has 0 rings (SSSR count). The third-order valence-corrected chi connectivity index (χ3v) is 0.693. The number of nitrogens with zero attached hydrogens (tertiary/aromatic N) is 1. The highest BCUT2D eigenvalue weighted by Crippen LogP contribution is 2.25. The Kier molecular flexibility index (Phi) is 2.26. The second-order valence-corrected chi connectivity index (χ2v) is 1.44. The average molecular weight is 135 g/mol. The molecule has 4 heteroatoms. The number of nitriles is 1. The van der Waals surface area contributed by atoms with Crippen LogP contribution in [0.25, 0.3) is 0 Å². The SMILES string of the molecule is C=C(CC#N)C(F)(F)F. The molecule has 0 amide bonds. The van der Waals surface area contributed by atoms with Gasteiger partial charge in [0.05, 0.1) is 12.5 Å². The van der Waals surface area contributed by atoms with Crippen molar-refractivity contribution in [3.8, 4) is 6.07 Å². The quantitative estimate of drug-likeness (QED) is 0.504. The van der Waals surface area contributed by atoms with Crippen molar-refractivity contribution >= 4 is 0 Å². The largest absolute Gasteiger partial charge is 0.413 e. The predicted octanol–water partition coefficient (Wildman–Crippen LogP) is 2.02. The molecule has 0 fully saturated rings. The molecule has 0 radical (unpaired) electrons. The van der Waals surface area contributed by atoms with E-state index in [0.717, 1.165) is 0 Å². The summed E-state index contributed by atoms with van der Waals surface area (Å²) in [5, 5.41) is 7.79. The fourth-order valence-electron chi connectivity index (χ4n) is 0.196. The van der Waals surface area contributed by atoms with E-state index >= 15 is 0 Å². The van der Waals surface area contributed by atoms with E-state index in [2.05, 4.69) is 6.58 Å². The standard InChI is InChI=1S/C5H4F3N/c1-4(2-3-9)5(6,7)8/h1-2H2. The lowest BCUT2D eigenvalue weighted by Crippen LogP contribution is -2.09. The maximum absolute atomic E-state index is 11.4.